The van der Waals surface area contributed by atoms with Gasteiger partial charge in [-0.05, 0) is 57.3 Å². The molecule has 3 rings (SSSR count). The van der Waals surface area contributed by atoms with Crippen molar-refractivity contribution in [1.82, 2.24) is 5.43 Å². The Kier molecular flexibility index (Phi) is 5.53. The van der Waals surface area contributed by atoms with Crippen LogP contribution in [-0.2, 0) is 0 Å². The number of nitrogens with one attached hydrogen (secondary N) is 2. The predicted octanol–water partition coefficient (Wildman–Crippen LogP) is 4.85. The highest BCUT2D eigenvalue weighted by Crippen LogP contribution is 2.29. The van der Waals surface area contributed by atoms with Gasteiger partial charge in [-0.15, -0.1) is 0 Å². The van der Waals surface area contributed by atoms with E-state index in [4.69, 9.17) is 21.4 Å². The monoisotopic (exact) mass is 367 g/mol. The molecule has 0 radical (unpaired) electrons. The minimum Gasteiger partial charge on any atom is -0.490 e. The van der Waals surface area contributed by atoms with Crippen LogP contribution >= 0.6 is 12.2 Å². The number of nitrogens with zero attached hydrogens (tertiary/aromatic N) is 1. The number of benzene rings is 2. The maximum absolute atomic E-state index is 5.92. The number of thiocarbonyl (C=S) groups is 1. The zero-order chi connectivity index (χ0) is 18.5. The summed E-state index contributed by atoms with van der Waals surface area (Å²) in [6, 6.07) is 15.7. The lowest BCUT2D eigenvalue weighted by Crippen LogP contribution is -2.24. The van der Waals surface area contributed by atoms with Crippen molar-refractivity contribution in [3.8, 4) is 5.75 Å². The molecule has 0 fully saturated rings. The molecule has 0 aliphatic carbocycles. The fourth-order valence-electron chi connectivity index (χ4n) is 2.47. The lowest BCUT2D eigenvalue weighted by atomic mass is 10.2. The molecule has 5 nitrogen and oxygen atoms in total. The molecule has 26 heavy (non-hydrogen) atoms. The van der Waals surface area contributed by atoms with Crippen molar-refractivity contribution < 1.29 is 9.15 Å². The van der Waals surface area contributed by atoms with Crippen LogP contribution in [0, 0.1) is 6.92 Å². The van der Waals surface area contributed by atoms with Gasteiger partial charge >= 0.3 is 0 Å². The summed E-state index contributed by atoms with van der Waals surface area (Å²) in [4.78, 5) is 0. The summed E-state index contributed by atoms with van der Waals surface area (Å²) in [5, 5.41) is 8.79. The molecule has 2 aromatic carbocycles. The Hall–Kier alpha value is -2.86. The third-order valence-electron chi connectivity index (χ3n) is 3.80. The molecule has 0 aliphatic rings. The van der Waals surface area contributed by atoms with Crippen molar-refractivity contribution in [3.05, 3.63) is 59.9 Å². The number of fused-ring (bicyclic) bond motifs is 1. The summed E-state index contributed by atoms with van der Waals surface area (Å²) in [6.07, 6.45) is 0. The minimum atomic E-state index is 0.416. The molecule has 1 heterocycles. The molecule has 3 aromatic rings. The second-order valence-corrected chi connectivity index (χ2v) is 6.26. The second-order valence-electron chi connectivity index (χ2n) is 5.85. The van der Waals surface area contributed by atoms with E-state index >= 15 is 0 Å². The van der Waals surface area contributed by atoms with E-state index < -0.39 is 0 Å². The Morgan fingerprint density at radius 1 is 1.19 bits per heavy atom. The number of aryl methyl sites for hydroxylation is 1. The average molecular weight is 367 g/mol. The largest absolute Gasteiger partial charge is 0.490 e. The first-order valence-corrected chi connectivity index (χ1v) is 8.81. The van der Waals surface area contributed by atoms with E-state index in [1.54, 1.807) is 0 Å². The van der Waals surface area contributed by atoms with Crippen LogP contribution in [0.1, 0.15) is 25.2 Å². The molecule has 0 atom stereocenters. The minimum absolute atomic E-state index is 0.416. The van der Waals surface area contributed by atoms with Crippen molar-refractivity contribution in [2.24, 2.45) is 5.10 Å². The van der Waals surface area contributed by atoms with Gasteiger partial charge in [0.05, 0.1) is 6.61 Å². The van der Waals surface area contributed by atoms with Crippen molar-refractivity contribution >= 4 is 39.7 Å². The Morgan fingerprint density at radius 2 is 1.96 bits per heavy atom. The van der Waals surface area contributed by atoms with Crippen LogP contribution in [0.25, 0.3) is 11.0 Å². The number of hydrazone groups is 1. The van der Waals surface area contributed by atoms with Crippen molar-refractivity contribution in [2.45, 2.75) is 20.8 Å². The van der Waals surface area contributed by atoms with Crippen LogP contribution in [0.15, 0.2) is 58.0 Å². The van der Waals surface area contributed by atoms with Gasteiger partial charge in [0.25, 0.3) is 0 Å². The molecular formula is C20H21N3O2S. The van der Waals surface area contributed by atoms with E-state index in [0.29, 0.717) is 23.2 Å². The molecule has 0 spiro atoms. The van der Waals surface area contributed by atoms with Gasteiger partial charge in [-0.2, -0.15) is 5.10 Å². The Morgan fingerprint density at radius 3 is 2.69 bits per heavy atom. The zero-order valence-corrected chi connectivity index (χ0v) is 15.8. The molecule has 0 bridgehead atoms. The van der Waals surface area contributed by atoms with E-state index in [2.05, 4.69) is 15.8 Å². The lowest BCUT2D eigenvalue weighted by Gasteiger charge is -2.07. The maximum atomic E-state index is 5.92. The van der Waals surface area contributed by atoms with Crippen molar-refractivity contribution in [1.29, 1.82) is 0 Å². The summed E-state index contributed by atoms with van der Waals surface area (Å²) in [7, 11) is 0. The highest BCUT2D eigenvalue weighted by Gasteiger charge is 2.11. The number of hydrogen-bond acceptors (Lipinski definition) is 4. The number of anilines is 1. The fraction of sp³-hybridized carbons (Fsp3) is 0.200. The van der Waals surface area contributed by atoms with Gasteiger partial charge in [0.15, 0.2) is 22.2 Å². The first-order chi connectivity index (χ1) is 12.6. The number of para-hydroxylation sites is 1. The molecular weight excluding hydrogens is 346 g/mol. The number of hydrogen-bond donors (Lipinski definition) is 2. The van der Waals surface area contributed by atoms with Crippen LogP contribution in [0.2, 0.25) is 0 Å². The average Bonchev–Trinajstić information content (AvgIpc) is 3.07. The van der Waals surface area contributed by atoms with Crippen molar-refractivity contribution in [3.63, 3.8) is 0 Å². The standard InChI is InChI=1S/C20H21N3O2S/c1-4-24-17-7-5-6-15-12-18(25-19(15)17)14(3)22-23-20(26)21-16-10-8-13(2)9-11-16/h5-12H,4H2,1-3H3,(H2,21,23,26)/b22-14+. The molecule has 1 aromatic heterocycles. The highest BCUT2D eigenvalue weighted by atomic mass is 32.1. The van der Waals surface area contributed by atoms with Gasteiger partial charge in [0.1, 0.15) is 5.71 Å². The van der Waals surface area contributed by atoms with Gasteiger partial charge in [-0.1, -0.05) is 29.8 Å². The van der Waals surface area contributed by atoms with Crippen LogP contribution in [0.5, 0.6) is 5.75 Å². The van der Waals surface area contributed by atoms with E-state index in [1.807, 2.05) is 69.3 Å². The second kappa shape index (κ2) is 8.01. The molecule has 0 unspecified atom stereocenters. The Balaban J connectivity index is 1.71. The topological polar surface area (TPSA) is 58.8 Å². The van der Waals surface area contributed by atoms with Gasteiger partial charge in [0.2, 0.25) is 0 Å². The number of furan rings is 1. The summed E-state index contributed by atoms with van der Waals surface area (Å²) < 4.78 is 11.5. The smallest absolute Gasteiger partial charge is 0.191 e. The van der Waals surface area contributed by atoms with Crippen LogP contribution < -0.4 is 15.5 Å². The third-order valence-corrected chi connectivity index (χ3v) is 3.99. The predicted molar refractivity (Wildman–Crippen MR) is 110 cm³/mol. The van der Waals surface area contributed by atoms with E-state index in [-0.39, 0.29) is 0 Å². The molecule has 2 N–H and O–H groups in total. The quantitative estimate of drug-likeness (QED) is 0.383. The van der Waals surface area contributed by atoms with E-state index in [0.717, 1.165) is 22.4 Å². The molecule has 6 heteroatoms. The summed E-state index contributed by atoms with van der Waals surface area (Å²) in [5.41, 5.74) is 6.36. The van der Waals surface area contributed by atoms with E-state index in [1.165, 1.54) is 5.56 Å². The Bertz CT molecular complexity index is 945. The van der Waals surface area contributed by atoms with Gasteiger partial charge in [0, 0.05) is 11.1 Å². The van der Waals surface area contributed by atoms with Gasteiger partial charge in [-0.25, -0.2) is 0 Å². The lowest BCUT2D eigenvalue weighted by molar-refractivity contribution is 0.338. The summed E-state index contributed by atoms with van der Waals surface area (Å²) in [5.74, 6) is 1.39. The first-order valence-electron chi connectivity index (χ1n) is 8.40. The highest BCUT2D eigenvalue weighted by molar-refractivity contribution is 7.80. The SMILES string of the molecule is CCOc1cccc2cc(/C(C)=N/NC(=S)Nc3ccc(C)cc3)oc12. The fourth-order valence-corrected chi connectivity index (χ4v) is 2.63. The van der Waals surface area contributed by atoms with E-state index in [9.17, 15) is 0 Å². The normalized spacial score (nSPS) is 11.4. The number of rotatable bonds is 5. The van der Waals surface area contributed by atoms with Crippen LogP contribution in [0.3, 0.4) is 0 Å². The zero-order valence-electron chi connectivity index (χ0n) is 15.0. The van der Waals surface area contributed by atoms with Crippen molar-refractivity contribution in [2.75, 3.05) is 11.9 Å². The molecule has 0 aliphatic heterocycles. The molecule has 0 saturated carbocycles. The van der Waals surface area contributed by atoms with Gasteiger partial charge < -0.3 is 14.5 Å². The van der Waals surface area contributed by atoms with Crippen LogP contribution in [0.4, 0.5) is 5.69 Å². The van der Waals surface area contributed by atoms with Gasteiger partial charge in [-0.3, -0.25) is 5.43 Å². The Labute approximate surface area is 158 Å². The van der Waals surface area contributed by atoms with Crippen LogP contribution in [-0.4, -0.2) is 17.4 Å². The molecule has 0 saturated heterocycles. The maximum Gasteiger partial charge on any atom is 0.191 e. The summed E-state index contributed by atoms with van der Waals surface area (Å²) >= 11 is 5.28. The molecule has 134 valence electrons. The number of ether oxygens (including phenoxy) is 1. The molecule has 0 amide bonds. The third kappa shape index (κ3) is 4.21. The first kappa shape index (κ1) is 17.9. The summed E-state index contributed by atoms with van der Waals surface area (Å²) in [6.45, 7) is 6.43.